The van der Waals surface area contributed by atoms with Gasteiger partial charge in [-0.3, -0.25) is 4.79 Å². The number of aromatic nitrogens is 3. The van der Waals surface area contributed by atoms with Gasteiger partial charge in [0.05, 0.1) is 26.4 Å². The van der Waals surface area contributed by atoms with Crippen LogP contribution in [-0.2, 0) is 4.79 Å². The van der Waals surface area contributed by atoms with Crippen LogP contribution in [0.5, 0.6) is 17.2 Å². The van der Waals surface area contributed by atoms with Crippen molar-refractivity contribution in [3.05, 3.63) is 89.6 Å². The Morgan fingerprint density at radius 1 is 1.00 bits per heavy atom. The number of hydrogen-bond donors (Lipinski definition) is 2. The number of carbonyl (C=O) groups excluding carboxylic acids is 1. The number of nitrogens with zero attached hydrogens (tertiary/aromatic N) is 3. The minimum absolute atomic E-state index is 0.247. The molecular formula is C29H29N5O4. The lowest BCUT2D eigenvalue weighted by Gasteiger charge is -2.29. The minimum atomic E-state index is -0.577. The summed E-state index contributed by atoms with van der Waals surface area (Å²) < 4.78 is 18.5. The largest absolute Gasteiger partial charge is 0.497 e. The first-order valence-electron chi connectivity index (χ1n) is 12.3. The normalized spacial score (nSPS) is 14.4. The van der Waals surface area contributed by atoms with Gasteiger partial charge in [-0.2, -0.15) is 4.98 Å². The number of fused-ring (bicyclic) bond motifs is 1. The highest BCUT2D eigenvalue weighted by molar-refractivity contribution is 6.06. The Morgan fingerprint density at radius 3 is 2.55 bits per heavy atom. The molecule has 2 N–H and O–H groups in total. The fraction of sp³-hybridized carbons (Fsp3) is 0.207. The third-order valence-electron chi connectivity index (χ3n) is 6.26. The average Bonchev–Trinajstić information content (AvgIpc) is 3.37. The summed E-state index contributed by atoms with van der Waals surface area (Å²) in [5.41, 5.74) is 3.47. The van der Waals surface area contributed by atoms with Gasteiger partial charge in [-0.05, 0) is 55.8 Å². The Hall–Kier alpha value is -4.79. The quantitative estimate of drug-likeness (QED) is 0.332. The van der Waals surface area contributed by atoms with Crippen molar-refractivity contribution in [1.29, 1.82) is 0 Å². The van der Waals surface area contributed by atoms with Gasteiger partial charge in [-0.1, -0.05) is 36.4 Å². The molecule has 2 heterocycles. The van der Waals surface area contributed by atoms with Crippen LogP contribution in [0, 0.1) is 0 Å². The number of para-hydroxylation sites is 1. The molecule has 1 aliphatic heterocycles. The first kappa shape index (κ1) is 24.9. The van der Waals surface area contributed by atoms with Crippen LogP contribution < -0.4 is 24.8 Å². The maximum Gasteiger partial charge on any atom is 0.255 e. The number of rotatable bonds is 8. The molecule has 0 radical (unpaired) electrons. The van der Waals surface area contributed by atoms with Crippen molar-refractivity contribution in [3.63, 3.8) is 0 Å². The first-order valence-corrected chi connectivity index (χ1v) is 12.3. The summed E-state index contributed by atoms with van der Waals surface area (Å²) >= 11 is 0. The molecule has 1 aliphatic rings. The second-order valence-corrected chi connectivity index (χ2v) is 8.67. The molecule has 0 fully saturated rings. The van der Waals surface area contributed by atoms with Crippen molar-refractivity contribution in [3.8, 4) is 28.6 Å². The lowest BCUT2D eigenvalue weighted by Crippen LogP contribution is -2.31. The minimum Gasteiger partial charge on any atom is -0.497 e. The van der Waals surface area contributed by atoms with E-state index in [0.717, 1.165) is 11.1 Å². The van der Waals surface area contributed by atoms with E-state index in [4.69, 9.17) is 24.3 Å². The summed E-state index contributed by atoms with van der Waals surface area (Å²) in [6.07, 6.45) is 0. The Bertz CT molecular complexity index is 1500. The van der Waals surface area contributed by atoms with E-state index in [-0.39, 0.29) is 5.91 Å². The van der Waals surface area contributed by atoms with E-state index < -0.39 is 6.04 Å². The molecule has 1 unspecified atom stereocenters. The molecule has 0 saturated heterocycles. The van der Waals surface area contributed by atoms with Crippen LogP contribution in [0.3, 0.4) is 0 Å². The molecule has 3 aromatic carbocycles. The van der Waals surface area contributed by atoms with E-state index in [2.05, 4.69) is 10.6 Å². The molecule has 5 rings (SSSR count). The maximum atomic E-state index is 13.7. The molecule has 0 saturated carbocycles. The van der Waals surface area contributed by atoms with Crippen LogP contribution in [0.2, 0.25) is 0 Å². The average molecular weight is 512 g/mol. The van der Waals surface area contributed by atoms with Crippen molar-refractivity contribution in [2.45, 2.75) is 19.9 Å². The molecular weight excluding hydrogens is 482 g/mol. The van der Waals surface area contributed by atoms with Crippen LogP contribution in [0.15, 0.2) is 84.1 Å². The van der Waals surface area contributed by atoms with Gasteiger partial charge in [0, 0.05) is 16.9 Å². The van der Waals surface area contributed by atoms with Crippen LogP contribution >= 0.6 is 0 Å². The van der Waals surface area contributed by atoms with E-state index in [9.17, 15) is 4.79 Å². The van der Waals surface area contributed by atoms with E-state index in [1.54, 1.807) is 18.9 Å². The molecule has 0 spiro atoms. The van der Waals surface area contributed by atoms with E-state index in [0.29, 0.717) is 52.6 Å². The topological polar surface area (TPSA) is 99.5 Å². The van der Waals surface area contributed by atoms with Gasteiger partial charge >= 0.3 is 0 Å². The zero-order chi connectivity index (χ0) is 26.6. The number of allylic oxidation sites excluding steroid dienone is 1. The van der Waals surface area contributed by atoms with Gasteiger partial charge in [-0.15, -0.1) is 5.10 Å². The zero-order valence-corrected chi connectivity index (χ0v) is 21.7. The SMILES string of the molecule is CCOc1ccc(C2C(C(=O)Nc3ccccc3)=C(C)Nc3nc(-c4cccc(OC)c4)nn32)cc1OC. The molecule has 1 amide bonds. The fourth-order valence-electron chi connectivity index (χ4n) is 4.49. The molecule has 9 nitrogen and oxygen atoms in total. The van der Waals surface area contributed by atoms with Crippen molar-refractivity contribution < 1.29 is 19.0 Å². The van der Waals surface area contributed by atoms with Gasteiger partial charge in [0.25, 0.3) is 5.91 Å². The molecule has 0 aliphatic carbocycles. The number of ether oxygens (including phenoxy) is 3. The van der Waals surface area contributed by atoms with Crippen LogP contribution in [-0.4, -0.2) is 41.5 Å². The monoisotopic (exact) mass is 511 g/mol. The van der Waals surface area contributed by atoms with Crippen molar-refractivity contribution >= 4 is 17.5 Å². The molecule has 9 heteroatoms. The Labute approximate surface area is 221 Å². The second kappa shape index (κ2) is 10.7. The lowest BCUT2D eigenvalue weighted by molar-refractivity contribution is -0.113. The zero-order valence-electron chi connectivity index (χ0n) is 21.7. The number of nitrogens with one attached hydrogen (secondary N) is 2. The van der Waals surface area contributed by atoms with Gasteiger partial charge in [0.15, 0.2) is 17.3 Å². The summed E-state index contributed by atoms with van der Waals surface area (Å²) in [7, 11) is 3.21. The summed E-state index contributed by atoms with van der Waals surface area (Å²) in [6.45, 7) is 4.28. The molecule has 1 aromatic heterocycles. The number of anilines is 2. The predicted molar refractivity (Wildman–Crippen MR) is 146 cm³/mol. The molecule has 1 atom stereocenters. The Balaban J connectivity index is 1.63. The Kier molecular flexibility index (Phi) is 6.99. The van der Waals surface area contributed by atoms with Gasteiger partial charge < -0.3 is 24.8 Å². The van der Waals surface area contributed by atoms with Gasteiger partial charge in [-0.25, -0.2) is 4.68 Å². The van der Waals surface area contributed by atoms with Crippen molar-refractivity contribution in [2.75, 3.05) is 31.5 Å². The third-order valence-corrected chi connectivity index (χ3v) is 6.26. The Morgan fingerprint density at radius 2 is 1.82 bits per heavy atom. The lowest BCUT2D eigenvalue weighted by atomic mass is 9.94. The number of amides is 1. The second-order valence-electron chi connectivity index (χ2n) is 8.67. The maximum absolute atomic E-state index is 13.7. The van der Waals surface area contributed by atoms with Crippen LogP contribution in [0.4, 0.5) is 11.6 Å². The van der Waals surface area contributed by atoms with Crippen LogP contribution in [0.1, 0.15) is 25.5 Å². The molecule has 38 heavy (non-hydrogen) atoms. The van der Waals surface area contributed by atoms with Crippen molar-refractivity contribution in [1.82, 2.24) is 14.8 Å². The van der Waals surface area contributed by atoms with E-state index in [1.807, 2.05) is 86.6 Å². The third kappa shape index (κ3) is 4.78. The number of carbonyl (C=O) groups is 1. The standard InChI is InChI=1S/C29H29N5O4/c1-5-38-23-15-14-19(17-24(23)37-4)26-25(28(35)31-21-11-7-6-8-12-21)18(2)30-29-32-27(33-34(26)29)20-10-9-13-22(16-20)36-3/h6-17,26H,5H2,1-4H3,(H,31,35)(H,30,32,33). The summed E-state index contributed by atoms with van der Waals surface area (Å²) in [5.74, 6) is 2.68. The van der Waals surface area contributed by atoms with Crippen molar-refractivity contribution in [2.24, 2.45) is 0 Å². The number of hydrogen-bond acceptors (Lipinski definition) is 7. The number of methoxy groups -OCH3 is 2. The van der Waals surface area contributed by atoms with E-state index in [1.165, 1.54) is 0 Å². The highest BCUT2D eigenvalue weighted by Crippen LogP contribution is 2.40. The number of benzene rings is 3. The molecule has 4 aromatic rings. The van der Waals surface area contributed by atoms with Gasteiger partial charge in [0.1, 0.15) is 11.8 Å². The highest BCUT2D eigenvalue weighted by Gasteiger charge is 2.35. The summed E-state index contributed by atoms with van der Waals surface area (Å²) in [6, 6.07) is 22.0. The van der Waals surface area contributed by atoms with Gasteiger partial charge in [0.2, 0.25) is 5.95 Å². The summed E-state index contributed by atoms with van der Waals surface area (Å²) in [5, 5.41) is 11.1. The first-order chi connectivity index (χ1) is 18.5. The molecule has 194 valence electrons. The fourth-order valence-corrected chi connectivity index (χ4v) is 4.49. The smallest absolute Gasteiger partial charge is 0.255 e. The highest BCUT2D eigenvalue weighted by atomic mass is 16.5. The summed E-state index contributed by atoms with van der Waals surface area (Å²) in [4.78, 5) is 18.5. The van der Waals surface area contributed by atoms with E-state index >= 15 is 0 Å². The molecule has 0 bridgehead atoms. The van der Waals surface area contributed by atoms with Crippen LogP contribution in [0.25, 0.3) is 11.4 Å². The predicted octanol–water partition coefficient (Wildman–Crippen LogP) is 5.29.